The van der Waals surface area contributed by atoms with Gasteiger partial charge in [-0.3, -0.25) is 4.79 Å². The molecule has 0 aromatic carbocycles. The first-order chi connectivity index (χ1) is 10.0. The molecule has 0 rings (SSSR count). The molecule has 6 heteroatoms. The van der Waals surface area contributed by atoms with Crippen molar-refractivity contribution in [2.24, 2.45) is 0 Å². The smallest absolute Gasteiger partial charge is 0.374 e. The number of hydrogen-bond donors (Lipinski definition) is 1. The van der Waals surface area contributed by atoms with Gasteiger partial charge in [-0.05, 0) is 40.5 Å². The molecule has 0 spiro atoms. The van der Waals surface area contributed by atoms with Crippen LogP contribution in [0, 0.1) is 0 Å². The Bertz CT molecular complexity index is 293. The number of carbonyl (C=O) groups excluding carboxylic acids is 1. The number of nitrogens with one attached hydrogen (secondary N) is 1. The quantitative estimate of drug-likeness (QED) is 0.322. The lowest BCUT2D eigenvalue weighted by atomic mass is 10.2. The third kappa shape index (κ3) is 9.03. The molecule has 0 aliphatic heterocycles. The fraction of sp³-hybridized carbons (Fsp3) is 0.800. The van der Waals surface area contributed by atoms with Gasteiger partial charge >= 0.3 is 8.80 Å². The Hall–Kier alpha value is -0.693. The van der Waals surface area contributed by atoms with Crippen LogP contribution in [0.25, 0.3) is 0 Å². The molecule has 1 amide bonds. The number of rotatable bonds is 13. The average Bonchev–Trinajstić information content (AvgIpc) is 2.43. The molecule has 1 N–H and O–H groups in total. The van der Waals surface area contributed by atoms with E-state index in [1.807, 2.05) is 20.8 Å². The summed E-state index contributed by atoms with van der Waals surface area (Å²) in [5.41, 5.74) is 0.547. The summed E-state index contributed by atoms with van der Waals surface area (Å²) in [7, 11) is -2.50. The van der Waals surface area contributed by atoms with Crippen LogP contribution < -0.4 is 5.32 Å². The summed E-state index contributed by atoms with van der Waals surface area (Å²) < 4.78 is 17.4. The van der Waals surface area contributed by atoms with Gasteiger partial charge in [0.1, 0.15) is 0 Å². The maximum atomic E-state index is 11.3. The van der Waals surface area contributed by atoms with Crippen LogP contribution in [0.1, 0.15) is 47.0 Å². The molecule has 0 aliphatic carbocycles. The Kier molecular flexibility index (Phi) is 11.5. The van der Waals surface area contributed by atoms with Crippen LogP contribution in [0.2, 0.25) is 6.04 Å². The monoisotopic (exact) mass is 317 g/mol. The lowest BCUT2D eigenvalue weighted by molar-refractivity contribution is -0.117. The highest BCUT2D eigenvalue weighted by atomic mass is 28.4. The van der Waals surface area contributed by atoms with Crippen LogP contribution in [-0.4, -0.2) is 41.1 Å². The van der Waals surface area contributed by atoms with Crippen molar-refractivity contribution in [2.45, 2.75) is 53.0 Å². The zero-order valence-electron chi connectivity index (χ0n) is 14.0. The molecule has 0 radical (unpaired) electrons. The van der Waals surface area contributed by atoms with E-state index in [4.69, 9.17) is 13.3 Å². The zero-order valence-corrected chi connectivity index (χ0v) is 15.0. The van der Waals surface area contributed by atoms with Gasteiger partial charge in [-0.1, -0.05) is 13.0 Å². The maximum Gasteiger partial charge on any atom is 0.500 e. The third-order valence-corrected chi connectivity index (χ3v) is 6.08. The predicted octanol–water partition coefficient (Wildman–Crippen LogP) is 2.90. The van der Waals surface area contributed by atoms with Crippen molar-refractivity contribution in [1.82, 2.24) is 5.32 Å². The van der Waals surface area contributed by atoms with E-state index in [-0.39, 0.29) is 5.91 Å². The van der Waals surface area contributed by atoms with Crippen molar-refractivity contribution >= 4 is 14.7 Å². The van der Waals surface area contributed by atoms with Gasteiger partial charge < -0.3 is 18.6 Å². The van der Waals surface area contributed by atoms with E-state index in [0.29, 0.717) is 31.9 Å². The van der Waals surface area contributed by atoms with Crippen molar-refractivity contribution in [3.8, 4) is 0 Å². The van der Waals surface area contributed by atoms with E-state index >= 15 is 0 Å². The van der Waals surface area contributed by atoms with Gasteiger partial charge in [0.05, 0.1) is 0 Å². The lowest BCUT2D eigenvalue weighted by Gasteiger charge is -2.28. The fourth-order valence-electron chi connectivity index (χ4n) is 2.00. The van der Waals surface area contributed by atoms with Crippen molar-refractivity contribution in [3.05, 3.63) is 12.2 Å². The predicted molar refractivity (Wildman–Crippen MR) is 87.1 cm³/mol. The summed E-state index contributed by atoms with van der Waals surface area (Å²) in [6.45, 7) is 13.7. The molecular formula is C15H31NO4Si. The van der Waals surface area contributed by atoms with E-state index in [1.54, 1.807) is 6.92 Å². The first-order valence-electron chi connectivity index (χ1n) is 7.86. The van der Waals surface area contributed by atoms with Crippen molar-refractivity contribution in [1.29, 1.82) is 0 Å². The SMILES string of the molecule is C=C(C)C(=O)NCCCCC[Si](OCC)(OCC)OCC. The topological polar surface area (TPSA) is 56.8 Å². The number of amides is 1. The molecule has 0 aliphatic rings. The lowest BCUT2D eigenvalue weighted by Crippen LogP contribution is -2.45. The van der Waals surface area contributed by atoms with Crippen LogP contribution >= 0.6 is 0 Å². The second kappa shape index (κ2) is 11.9. The molecule has 0 atom stereocenters. The molecule has 124 valence electrons. The van der Waals surface area contributed by atoms with Gasteiger partial charge in [0.25, 0.3) is 0 Å². The maximum absolute atomic E-state index is 11.3. The normalized spacial score (nSPS) is 11.4. The van der Waals surface area contributed by atoms with E-state index in [2.05, 4.69) is 11.9 Å². The Morgan fingerprint density at radius 1 is 1.00 bits per heavy atom. The first-order valence-corrected chi connectivity index (χ1v) is 9.80. The van der Waals surface area contributed by atoms with Gasteiger partial charge in [0.2, 0.25) is 5.91 Å². The summed E-state index contributed by atoms with van der Waals surface area (Å²) in [5.74, 6) is -0.0725. The Morgan fingerprint density at radius 3 is 1.95 bits per heavy atom. The highest BCUT2D eigenvalue weighted by Crippen LogP contribution is 2.19. The Labute approximate surface area is 130 Å². The molecule has 0 aromatic heterocycles. The molecule has 0 fully saturated rings. The first kappa shape index (κ1) is 20.3. The third-order valence-electron chi connectivity index (χ3n) is 2.93. The molecule has 21 heavy (non-hydrogen) atoms. The molecule has 0 unspecified atom stereocenters. The summed E-state index contributed by atoms with van der Waals surface area (Å²) in [6.07, 6.45) is 2.93. The van der Waals surface area contributed by atoms with Gasteiger partial charge in [-0.2, -0.15) is 0 Å². The summed E-state index contributed by atoms with van der Waals surface area (Å²) in [6, 6.07) is 0.830. The van der Waals surface area contributed by atoms with Crippen molar-refractivity contribution < 1.29 is 18.1 Å². The van der Waals surface area contributed by atoms with Gasteiger partial charge in [-0.15, -0.1) is 0 Å². The van der Waals surface area contributed by atoms with E-state index in [9.17, 15) is 4.79 Å². The Balaban J connectivity index is 4.01. The van der Waals surface area contributed by atoms with Gasteiger partial charge in [0.15, 0.2) is 0 Å². The summed E-state index contributed by atoms with van der Waals surface area (Å²) >= 11 is 0. The van der Waals surface area contributed by atoms with Crippen LogP contribution in [0.5, 0.6) is 0 Å². The fourth-order valence-corrected chi connectivity index (χ4v) is 4.68. The van der Waals surface area contributed by atoms with Crippen molar-refractivity contribution in [2.75, 3.05) is 26.4 Å². The van der Waals surface area contributed by atoms with Gasteiger partial charge in [0, 0.05) is 38.0 Å². The molecule has 5 nitrogen and oxygen atoms in total. The molecule has 0 heterocycles. The van der Waals surface area contributed by atoms with Crippen LogP contribution in [0.4, 0.5) is 0 Å². The van der Waals surface area contributed by atoms with Crippen LogP contribution in [0.15, 0.2) is 12.2 Å². The minimum Gasteiger partial charge on any atom is -0.374 e. The van der Waals surface area contributed by atoms with Crippen LogP contribution in [-0.2, 0) is 18.1 Å². The standard InChI is InChI=1S/C15H31NO4Si/c1-6-18-21(19-7-2,20-8-3)13-11-9-10-12-16-15(17)14(4)5/h4,6-13H2,1-3,5H3,(H,16,17). The minimum atomic E-state index is -2.50. The van der Waals surface area contributed by atoms with E-state index < -0.39 is 8.80 Å². The largest absolute Gasteiger partial charge is 0.500 e. The van der Waals surface area contributed by atoms with E-state index in [0.717, 1.165) is 25.3 Å². The van der Waals surface area contributed by atoms with Gasteiger partial charge in [-0.25, -0.2) is 0 Å². The summed E-state index contributed by atoms with van der Waals surface area (Å²) in [4.78, 5) is 11.3. The number of carbonyl (C=O) groups is 1. The highest BCUT2D eigenvalue weighted by molar-refractivity contribution is 6.60. The molecule has 0 bridgehead atoms. The number of hydrogen-bond acceptors (Lipinski definition) is 4. The second-order valence-corrected chi connectivity index (χ2v) is 7.56. The molecule has 0 saturated heterocycles. The molecular weight excluding hydrogens is 286 g/mol. The highest BCUT2D eigenvalue weighted by Gasteiger charge is 2.39. The minimum absolute atomic E-state index is 0.0725. The second-order valence-electron chi connectivity index (χ2n) is 4.83. The number of unbranched alkanes of at least 4 members (excludes halogenated alkanes) is 2. The Morgan fingerprint density at radius 2 is 1.52 bits per heavy atom. The van der Waals surface area contributed by atoms with Crippen LogP contribution in [0.3, 0.4) is 0 Å². The zero-order chi connectivity index (χ0) is 16.1. The van der Waals surface area contributed by atoms with Crippen molar-refractivity contribution in [3.63, 3.8) is 0 Å². The average molecular weight is 318 g/mol. The summed E-state index contributed by atoms with van der Waals surface area (Å²) in [5, 5.41) is 2.83. The van der Waals surface area contributed by atoms with E-state index in [1.165, 1.54) is 0 Å². The molecule has 0 saturated carbocycles. The molecule has 0 aromatic rings.